The molecule has 0 radical (unpaired) electrons. The van der Waals surface area contributed by atoms with Gasteiger partial charge in [0.25, 0.3) is 0 Å². The standard InChI is InChI=1S/C10H17NO4/c1-6(7(2)10(14)15)9(13)11-4-3-8(12)5-11/h6-8,12H,3-5H2,1-2H3,(H,14,15)/t6?,7?,8-/m0/s1. The normalized spacial score (nSPS) is 25.0. The van der Waals surface area contributed by atoms with Crippen molar-refractivity contribution in [1.29, 1.82) is 0 Å². The number of aliphatic hydroxyl groups excluding tert-OH is 1. The summed E-state index contributed by atoms with van der Waals surface area (Å²) in [7, 11) is 0. The van der Waals surface area contributed by atoms with Crippen molar-refractivity contribution in [3.63, 3.8) is 0 Å². The summed E-state index contributed by atoms with van der Waals surface area (Å²) >= 11 is 0. The van der Waals surface area contributed by atoms with Crippen molar-refractivity contribution in [1.82, 2.24) is 4.90 Å². The Balaban J connectivity index is 2.56. The number of aliphatic carboxylic acids is 1. The molecule has 0 spiro atoms. The number of carboxylic acid groups (broad SMARTS) is 1. The number of hydrogen-bond donors (Lipinski definition) is 2. The molecule has 5 nitrogen and oxygen atoms in total. The Kier molecular flexibility index (Phi) is 3.68. The first-order valence-corrected chi connectivity index (χ1v) is 5.13. The molecule has 0 aromatic rings. The molecular weight excluding hydrogens is 198 g/mol. The zero-order valence-corrected chi connectivity index (χ0v) is 9.01. The fourth-order valence-electron chi connectivity index (χ4n) is 1.66. The Morgan fingerprint density at radius 1 is 1.33 bits per heavy atom. The second kappa shape index (κ2) is 4.61. The fraction of sp³-hybridized carbons (Fsp3) is 0.800. The topological polar surface area (TPSA) is 77.8 Å². The van der Waals surface area contributed by atoms with Gasteiger partial charge in [-0.1, -0.05) is 13.8 Å². The molecule has 0 saturated carbocycles. The number of carboxylic acids is 1. The number of rotatable bonds is 3. The highest BCUT2D eigenvalue weighted by molar-refractivity contribution is 5.84. The van der Waals surface area contributed by atoms with Gasteiger partial charge in [0.1, 0.15) is 0 Å². The van der Waals surface area contributed by atoms with Gasteiger partial charge < -0.3 is 15.1 Å². The summed E-state index contributed by atoms with van der Waals surface area (Å²) < 4.78 is 0. The molecule has 2 N–H and O–H groups in total. The summed E-state index contributed by atoms with van der Waals surface area (Å²) in [4.78, 5) is 24.0. The van der Waals surface area contributed by atoms with Crippen LogP contribution in [0.4, 0.5) is 0 Å². The number of likely N-dealkylation sites (tertiary alicyclic amines) is 1. The highest BCUT2D eigenvalue weighted by Gasteiger charge is 2.32. The molecule has 1 amide bonds. The highest BCUT2D eigenvalue weighted by atomic mass is 16.4. The monoisotopic (exact) mass is 215 g/mol. The lowest BCUT2D eigenvalue weighted by molar-refractivity contribution is -0.148. The highest BCUT2D eigenvalue weighted by Crippen LogP contribution is 2.18. The number of nitrogens with zero attached hydrogens (tertiary/aromatic N) is 1. The molecule has 86 valence electrons. The number of carbonyl (C=O) groups excluding carboxylic acids is 1. The van der Waals surface area contributed by atoms with Gasteiger partial charge in [0, 0.05) is 19.0 Å². The quantitative estimate of drug-likeness (QED) is 0.691. The number of amides is 1. The number of aliphatic hydroxyl groups is 1. The summed E-state index contributed by atoms with van der Waals surface area (Å²) in [5, 5.41) is 18.0. The molecule has 3 atom stereocenters. The number of carbonyl (C=O) groups is 2. The third kappa shape index (κ3) is 2.68. The zero-order chi connectivity index (χ0) is 11.6. The summed E-state index contributed by atoms with van der Waals surface area (Å²) in [6.45, 7) is 4.00. The van der Waals surface area contributed by atoms with Crippen LogP contribution in [0.2, 0.25) is 0 Å². The summed E-state index contributed by atoms with van der Waals surface area (Å²) in [5.41, 5.74) is 0. The summed E-state index contributed by atoms with van der Waals surface area (Å²) in [5.74, 6) is -2.36. The van der Waals surface area contributed by atoms with Gasteiger partial charge in [-0.05, 0) is 6.42 Å². The molecule has 1 saturated heterocycles. The van der Waals surface area contributed by atoms with Crippen LogP contribution in [-0.4, -0.2) is 46.2 Å². The van der Waals surface area contributed by atoms with Crippen molar-refractivity contribution in [2.75, 3.05) is 13.1 Å². The molecule has 1 aliphatic heterocycles. The third-order valence-corrected chi connectivity index (χ3v) is 3.00. The van der Waals surface area contributed by atoms with Crippen LogP contribution in [0.1, 0.15) is 20.3 Å². The molecule has 1 aliphatic rings. The van der Waals surface area contributed by atoms with E-state index in [1.54, 1.807) is 6.92 Å². The van der Waals surface area contributed by atoms with E-state index in [0.717, 1.165) is 0 Å². The second-order valence-electron chi connectivity index (χ2n) is 4.14. The van der Waals surface area contributed by atoms with Crippen molar-refractivity contribution in [3.05, 3.63) is 0 Å². The Labute approximate surface area is 88.7 Å². The lowest BCUT2D eigenvalue weighted by Crippen LogP contribution is -2.38. The van der Waals surface area contributed by atoms with Crippen molar-refractivity contribution in [2.45, 2.75) is 26.4 Å². The van der Waals surface area contributed by atoms with E-state index in [9.17, 15) is 14.7 Å². The Morgan fingerprint density at radius 3 is 2.33 bits per heavy atom. The average Bonchev–Trinajstić information content (AvgIpc) is 2.61. The van der Waals surface area contributed by atoms with Crippen molar-refractivity contribution in [2.24, 2.45) is 11.8 Å². The SMILES string of the molecule is CC(C(=O)O)C(C)C(=O)N1CC[C@H](O)C1. The lowest BCUT2D eigenvalue weighted by atomic mass is 9.95. The van der Waals surface area contributed by atoms with Crippen LogP contribution in [0.15, 0.2) is 0 Å². The van der Waals surface area contributed by atoms with Gasteiger partial charge in [-0.25, -0.2) is 0 Å². The van der Waals surface area contributed by atoms with Crippen LogP contribution in [0.3, 0.4) is 0 Å². The van der Waals surface area contributed by atoms with E-state index in [1.807, 2.05) is 0 Å². The van der Waals surface area contributed by atoms with Crippen LogP contribution in [0, 0.1) is 11.8 Å². The van der Waals surface area contributed by atoms with E-state index < -0.39 is 23.9 Å². The van der Waals surface area contributed by atoms with Gasteiger partial charge in [-0.15, -0.1) is 0 Å². The molecule has 0 aromatic heterocycles. The number of β-amino-alcohol motifs (C(OH)–C–C–N with tert-alkyl or cyclic N) is 1. The molecule has 5 heteroatoms. The maximum Gasteiger partial charge on any atom is 0.307 e. The Hall–Kier alpha value is -1.10. The molecule has 15 heavy (non-hydrogen) atoms. The predicted octanol–water partition coefficient (Wildman–Crippen LogP) is -0.0636. The van der Waals surface area contributed by atoms with Crippen LogP contribution < -0.4 is 0 Å². The minimum absolute atomic E-state index is 0.179. The van der Waals surface area contributed by atoms with Crippen LogP contribution in [0.5, 0.6) is 0 Å². The first kappa shape index (κ1) is 12.0. The van der Waals surface area contributed by atoms with E-state index in [-0.39, 0.29) is 5.91 Å². The van der Waals surface area contributed by atoms with E-state index in [2.05, 4.69) is 0 Å². The van der Waals surface area contributed by atoms with Gasteiger partial charge in [-0.2, -0.15) is 0 Å². The van der Waals surface area contributed by atoms with E-state index in [4.69, 9.17) is 5.11 Å². The van der Waals surface area contributed by atoms with E-state index in [0.29, 0.717) is 19.5 Å². The molecule has 0 aromatic carbocycles. The molecule has 1 rings (SSSR count). The summed E-state index contributed by atoms with van der Waals surface area (Å²) in [6.07, 6.45) is 0.126. The molecule has 1 heterocycles. The van der Waals surface area contributed by atoms with Gasteiger partial charge >= 0.3 is 5.97 Å². The van der Waals surface area contributed by atoms with E-state index in [1.165, 1.54) is 11.8 Å². The van der Waals surface area contributed by atoms with Gasteiger partial charge in [0.2, 0.25) is 5.91 Å². The molecule has 1 fully saturated rings. The van der Waals surface area contributed by atoms with Crippen molar-refractivity contribution < 1.29 is 19.8 Å². The fourth-order valence-corrected chi connectivity index (χ4v) is 1.66. The van der Waals surface area contributed by atoms with Gasteiger partial charge in [0.15, 0.2) is 0 Å². The van der Waals surface area contributed by atoms with Crippen LogP contribution in [-0.2, 0) is 9.59 Å². The largest absolute Gasteiger partial charge is 0.481 e. The average molecular weight is 215 g/mol. The summed E-state index contributed by atoms with van der Waals surface area (Å²) in [6, 6.07) is 0. The van der Waals surface area contributed by atoms with Gasteiger partial charge in [-0.3, -0.25) is 9.59 Å². The van der Waals surface area contributed by atoms with Crippen LogP contribution in [0.25, 0.3) is 0 Å². The van der Waals surface area contributed by atoms with E-state index >= 15 is 0 Å². The first-order chi connectivity index (χ1) is 6.93. The Bertz CT molecular complexity index is 266. The smallest absolute Gasteiger partial charge is 0.307 e. The van der Waals surface area contributed by atoms with Crippen LogP contribution >= 0.6 is 0 Å². The van der Waals surface area contributed by atoms with Gasteiger partial charge in [0.05, 0.1) is 12.0 Å². The number of hydrogen-bond acceptors (Lipinski definition) is 3. The minimum atomic E-state index is -0.962. The predicted molar refractivity (Wildman–Crippen MR) is 53.2 cm³/mol. The molecule has 2 unspecified atom stereocenters. The maximum absolute atomic E-state index is 11.8. The van der Waals surface area contributed by atoms with Crippen molar-refractivity contribution >= 4 is 11.9 Å². The first-order valence-electron chi connectivity index (χ1n) is 5.13. The van der Waals surface area contributed by atoms with Crippen molar-refractivity contribution in [3.8, 4) is 0 Å². The zero-order valence-electron chi connectivity index (χ0n) is 9.01. The lowest BCUT2D eigenvalue weighted by Gasteiger charge is -2.22. The maximum atomic E-state index is 11.8. The third-order valence-electron chi connectivity index (χ3n) is 3.00. The molecule has 0 aliphatic carbocycles. The Morgan fingerprint density at radius 2 is 1.93 bits per heavy atom. The minimum Gasteiger partial charge on any atom is -0.481 e. The molecular formula is C10H17NO4. The second-order valence-corrected chi connectivity index (χ2v) is 4.14. The molecule has 0 bridgehead atoms.